The van der Waals surface area contributed by atoms with E-state index in [9.17, 15) is 9.59 Å². The molecule has 8 heteroatoms. The number of hydrogen-bond acceptors (Lipinski definition) is 5. The summed E-state index contributed by atoms with van der Waals surface area (Å²) in [4.78, 5) is 29.9. The number of anilines is 1. The summed E-state index contributed by atoms with van der Waals surface area (Å²) in [6.07, 6.45) is 1.62. The van der Waals surface area contributed by atoms with Crippen molar-refractivity contribution in [2.24, 2.45) is 7.05 Å². The molecule has 0 unspecified atom stereocenters. The van der Waals surface area contributed by atoms with E-state index >= 15 is 0 Å². The maximum absolute atomic E-state index is 12.8. The molecule has 0 aliphatic heterocycles. The molecule has 0 aliphatic carbocycles. The Kier molecular flexibility index (Phi) is 5.99. The van der Waals surface area contributed by atoms with E-state index in [2.05, 4.69) is 20.7 Å². The van der Waals surface area contributed by atoms with E-state index in [1.54, 1.807) is 23.0 Å². The van der Waals surface area contributed by atoms with Gasteiger partial charge in [0.05, 0.1) is 28.9 Å². The lowest BCUT2D eigenvalue weighted by molar-refractivity contribution is -0.119. The van der Waals surface area contributed by atoms with Crippen LogP contribution >= 0.6 is 11.8 Å². The van der Waals surface area contributed by atoms with Crippen molar-refractivity contribution in [1.82, 2.24) is 20.1 Å². The highest BCUT2D eigenvalue weighted by molar-refractivity contribution is 8.00. The van der Waals surface area contributed by atoms with Gasteiger partial charge < -0.3 is 10.6 Å². The van der Waals surface area contributed by atoms with Gasteiger partial charge in [0, 0.05) is 23.4 Å². The van der Waals surface area contributed by atoms with Crippen molar-refractivity contribution >= 4 is 40.3 Å². The molecule has 0 fully saturated rings. The van der Waals surface area contributed by atoms with E-state index < -0.39 is 0 Å². The number of nitrogens with one attached hydrogen (secondary N) is 2. The predicted octanol–water partition coefficient (Wildman–Crippen LogP) is 3.15. The summed E-state index contributed by atoms with van der Waals surface area (Å²) in [6, 6.07) is 9.21. The van der Waals surface area contributed by atoms with E-state index in [0.717, 1.165) is 21.6 Å². The zero-order chi connectivity index (χ0) is 20.3. The van der Waals surface area contributed by atoms with Gasteiger partial charge in [-0.25, -0.2) is 4.98 Å². The standard InChI is InChI=1S/C20H23N5O2S/c1-12(2)22-18(26)11-28-17-8-6-5-7-15(17)20(27)23-14-9-16-13(3)24-25(4)19(16)21-10-14/h5-10,12H,11H2,1-4H3,(H,22,26)(H,23,27). The lowest BCUT2D eigenvalue weighted by Crippen LogP contribution is -2.31. The highest BCUT2D eigenvalue weighted by Gasteiger charge is 2.15. The number of hydrogen-bond donors (Lipinski definition) is 2. The smallest absolute Gasteiger partial charge is 0.256 e. The highest BCUT2D eigenvalue weighted by atomic mass is 32.2. The molecule has 2 amide bonds. The van der Waals surface area contributed by atoms with Crippen molar-refractivity contribution < 1.29 is 9.59 Å². The molecule has 0 saturated carbocycles. The molecule has 0 bridgehead atoms. The van der Waals surface area contributed by atoms with Crippen molar-refractivity contribution in [3.8, 4) is 0 Å². The molecule has 2 aromatic heterocycles. The first-order chi connectivity index (χ1) is 13.3. The number of carbonyl (C=O) groups is 2. The van der Waals surface area contributed by atoms with E-state index in [1.165, 1.54) is 11.8 Å². The van der Waals surface area contributed by atoms with Crippen LogP contribution in [0.4, 0.5) is 5.69 Å². The Balaban J connectivity index is 1.76. The molecule has 2 N–H and O–H groups in total. The number of carbonyl (C=O) groups excluding carboxylic acids is 2. The number of rotatable bonds is 6. The maximum Gasteiger partial charge on any atom is 0.256 e. The van der Waals surface area contributed by atoms with Gasteiger partial charge in [0.25, 0.3) is 5.91 Å². The van der Waals surface area contributed by atoms with Gasteiger partial charge in [-0.1, -0.05) is 12.1 Å². The summed E-state index contributed by atoms with van der Waals surface area (Å²) in [5.41, 5.74) is 2.75. The third-order valence-electron chi connectivity index (χ3n) is 4.06. The molecule has 28 heavy (non-hydrogen) atoms. The fraction of sp³-hybridized carbons (Fsp3) is 0.300. The van der Waals surface area contributed by atoms with Crippen LogP contribution in [0, 0.1) is 6.92 Å². The minimum absolute atomic E-state index is 0.0584. The number of pyridine rings is 1. The molecule has 7 nitrogen and oxygen atoms in total. The van der Waals surface area contributed by atoms with Crippen LogP contribution in [0.5, 0.6) is 0 Å². The number of fused-ring (bicyclic) bond motifs is 1. The second-order valence-corrected chi connectivity index (χ2v) is 7.78. The van der Waals surface area contributed by atoms with Gasteiger partial charge in [0.2, 0.25) is 5.91 Å². The Hall–Kier alpha value is -2.87. The van der Waals surface area contributed by atoms with Gasteiger partial charge in [0.1, 0.15) is 0 Å². The summed E-state index contributed by atoms with van der Waals surface area (Å²) >= 11 is 1.34. The number of thioether (sulfide) groups is 1. The first-order valence-electron chi connectivity index (χ1n) is 8.97. The average molecular weight is 398 g/mol. The largest absolute Gasteiger partial charge is 0.353 e. The SMILES string of the molecule is Cc1nn(C)c2ncc(NC(=O)c3ccccc3SCC(=O)NC(C)C)cc12. The normalized spacial score (nSPS) is 11.0. The lowest BCUT2D eigenvalue weighted by Gasteiger charge is -2.11. The monoisotopic (exact) mass is 397 g/mol. The van der Waals surface area contributed by atoms with Crippen LogP contribution in [0.2, 0.25) is 0 Å². The molecule has 3 aromatic rings. The molecule has 3 rings (SSSR count). The second-order valence-electron chi connectivity index (χ2n) is 6.77. The van der Waals surface area contributed by atoms with Crippen molar-refractivity contribution in [3.63, 3.8) is 0 Å². The molecule has 0 atom stereocenters. The van der Waals surface area contributed by atoms with Gasteiger partial charge in [-0.05, 0) is 39.0 Å². The zero-order valence-electron chi connectivity index (χ0n) is 16.3. The molecule has 2 heterocycles. The van der Waals surface area contributed by atoms with Crippen molar-refractivity contribution in [2.75, 3.05) is 11.1 Å². The third kappa shape index (κ3) is 4.51. The number of amides is 2. The van der Waals surface area contributed by atoms with Crippen LogP contribution in [0.3, 0.4) is 0 Å². The summed E-state index contributed by atoms with van der Waals surface area (Å²) in [7, 11) is 1.84. The minimum atomic E-state index is -0.241. The van der Waals surface area contributed by atoms with Gasteiger partial charge in [-0.15, -0.1) is 11.8 Å². The maximum atomic E-state index is 12.8. The van der Waals surface area contributed by atoms with Crippen LogP contribution in [-0.2, 0) is 11.8 Å². The second kappa shape index (κ2) is 8.43. The Morgan fingerprint density at radius 1 is 1.25 bits per heavy atom. The molecule has 0 spiro atoms. The zero-order valence-corrected chi connectivity index (χ0v) is 17.1. The van der Waals surface area contributed by atoms with Gasteiger partial charge in [-0.2, -0.15) is 5.10 Å². The van der Waals surface area contributed by atoms with Gasteiger partial charge in [-0.3, -0.25) is 14.3 Å². The fourth-order valence-electron chi connectivity index (χ4n) is 2.86. The van der Waals surface area contributed by atoms with Crippen LogP contribution in [0.25, 0.3) is 11.0 Å². The molecule has 146 valence electrons. The number of benzene rings is 1. The van der Waals surface area contributed by atoms with Crippen LogP contribution in [-0.4, -0.2) is 38.4 Å². The molecule has 0 aliphatic rings. The predicted molar refractivity (Wildman–Crippen MR) is 112 cm³/mol. The van der Waals surface area contributed by atoms with E-state index in [0.29, 0.717) is 11.3 Å². The van der Waals surface area contributed by atoms with Crippen LogP contribution in [0.15, 0.2) is 41.4 Å². The van der Waals surface area contributed by atoms with Gasteiger partial charge in [0.15, 0.2) is 5.65 Å². The first kappa shape index (κ1) is 19.9. The lowest BCUT2D eigenvalue weighted by atomic mass is 10.2. The minimum Gasteiger partial charge on any atom is -0.353 e. The molecular weight excluding hydrogens is 374 g/mol. The van der Waals surface area contributed by atoms with Crippen molar-refractivity contribution in [2.45, 2.75) is 31.7 Å². The summed E-state index contributed by atoms with van der Waals surface area (Å²) in [5, 5.41) is 11.0. The third-order valence-corrected chi connectivity index (χ3v) is 5.13. The molecule has 0 saturated heterocycles. The molecular formula is C20H23N5O2S. The summed E-state index contributed by atoms with van der Waals surface area (Å²) < 4.78 is 1.71. The van der Waals surface area contributed by atoms with Crippen molar-refractivity contribution in [3.05, 3.63) is 47.8 Å². The Bertz CT molecular complexity index is 1030. The number of aromatic nitrogens is 3. The molecule has 0 radical (unpaired) electrons. The Morgan fingerprint density at radius 3 is 2.75 bits per heavy atom. The van der Waals surface area contributed by atoms with E-state index in [1.807, 2.05) is 46.0 Å². The van der Waals surface area contributed by atoms with E-state index in [-0.39, 0.29) is 23.6 Å². The summed E-state index contributed by atoms with van der Waals surface area (Å²) in [6.45, 7) is 5.74. The van der Waals surface area contributed by atoms with Crippen LogP contribution < -0.4 is 10.6 Å². The fourth-order valence-corrected chi connectivity index (χ4v) is 3.72. The van der Waals surface area contributed by atoms with Crippen molar-refractivity contribution in [1.29, 1.82) is 0 Å². The quantitative estimate of drug-likeness (QED) is 0.624. The Labute approximate surface area is 167 Å². The van der Waals surface area contributed by atoms with E-state index in [4.69, 9.17) is 0 Å². The highest BCUT2D eigenvalue weighted by Crippen LogP contribution is 2.24. The number of aryl methyl sites for hydroxylation is 2. The van der Waals surface area contributed by atoms with Gasteiger partial charge >= 0.3 is 0 Å². The average Bonchev–Trinajstić information content (AvgIpc) is 2.93. The number of nitrogens with zero attached hydrogens (tertiary/aromatic N) is 3. The first-order valence-corrected chi connectivity index (χ1v) is 9.95. The topological polar surface area (TPSA) is 88.9 Å². The molecule has 1 aromatic carbocycles. The summed E-state index contributed by atoms with van der Waals surface area (Å²) in [5.74, 6) is -0.0443. The van der Waals surface area contributed by atoms with Crippen LogP contribution in [0.1, 0.15) is 29.9 Å². The Morgan fingerprint density at radius 2 is 2.00 bits per heavy atom.